The SMILES string of the molecule is CC1(C)c2cc(-c3ccc4oc5ccccc5c4c3)ccc2-c2ccc(-n3c4ccccc4c4ccc5c6ccccc6oc5c43)cc21. The summed E-state index contributed by atoms with van der Waals surface area (Å²) in [6, 6.07) is 50.4. The van der Waals surface area contributed by atoms with E-state index in [0.717, 1.165) is 55.1 Å². The minimum absolute atomic E-state index is 0.184. The highest BCUT2D eigenvalue weighted by atomic mass is 16.3. The maximum atomic E-state index is 6.62. The van der Waals surface area contributed by atoms with Gasteiger partial charge in [-0.3, -0.25) is 0 Å². The van der Waals surface area contributed by atoms with Gasteiger partial charge in [0.15, 0.2) is 5.58 Å². The zero-order valence-electron chi connectivity index (χ0n) is 26.5. The largest absolute Gasteiger partial charge is 0.456 e. The Morgan fingerprint density at radius 1 is 0.458 bits per heavy atom. The van der Waals surface area contributed by atoms with E-state index >= 15 is 0 Å². The second-order valence-corrected chi connectivity index (χ2v) is 13.7. The molecule has 0 atom stereocenters. The van der Waals surface area contributed by atoms with Gasteiger partial charge >= 0.3 is 0 Å². The van der Waals surface area contributed by atoms with Gasteiger partial charge in [-0.2, -0.15) is 0 Å². The number of hydrogen-bond donors (Lipinski definition) is 0. The molecule has 1 aliphatic rings. The molecule has 3 nitrogen and oxygen atoms in total. The van der Waals surface area contributed by atoms with E-state index in [1.165, 1.54) is 49.7 Å². The Hall–Kier alpha value is -6.06. The van der Waals surface area contributed by atoms with Gasteiger partial charge in [0, 0.05) is 43.4 Å². The van der Waals surface area contributed by atoms with Crippen LogP contribution >= 0.6 is 0 Å². The van der Waals surface area contributed by atoms with E-state index in [-0.39, 0.29) is 5.41 Å². The van der Waals surface area contributed by atoms with Crippen LogP contribution in [0.4, 0.5) is 0 Å². The number of furan rings is 2. The molecule has 0 unspecified atom stereocenters. The topological polar surface area (TPSA) is 31.2 Å². The molecule has 0 saturated heterocycles. The first-order valence-electron chi connectivity index (χ1n) is 16.6. The molecule has 226 valence electrons. The van der Waals surface area contributed by atoms with Crippen LogP contribution in [0.2, 0.25) is 0 Å². The van der Waals surface area contributed by atoms with Crippen LogP contribution in [0.5, 0.6) is 0 Å². The van der Waals surface area contributed by atoms with Crippen molar-refractivity contribution >= 4 is 65.7 Å². The lowest BCUT2D eigenvalue weighted by Gasteiger charge is -2.23. The Labute approximate surface area is 276 Å². The van der Waals surface area contributed by atoms with Crippen molar-refractivity contribution in [1.29, 1.82) is 0 Å². The van der Waals surface area contributed by atoms with Crippen LogP contribution in [0.1, 0.15) is 25.0 Å². The fourth-order valence-corrected chi connectivity index (χ4v) is 8.45. The van der Waals surface area contributed by atoms with E-state index < -0.39 is 0 Å². The minimum Gasteiger partial charge on any atom is -0.456 e. The summed E-state index contributed by atoms with van der Waals surface area (Å²) in [4.78, 5) is 0. The van der Waals surface area contributed by atoms with Crippen LogP contribution in [0.25, 0.3) is 93.6 Å². The van der Waals surface area contributed by atoms with Crippen molar-refractivity contribution in [3.63, 3.8) is 0 Å². The Morgan fingerprint density at radius 2 is 1.06 bits per heavy atom. The second-order valence-electron chi connectivity index (χ2n) is 13.7. The Balaban J connectivity index is 1.09. The quantitative estimate of drug-likeness (QED) is 0.194. The van der Waals surface area contributed by atoms with Crippen molar-refractivity contribution in [2.24, 2.45) is 0 Å². The molecule has 0 saturated carbocycles. The van der Waals surface area contributed by atoms with Crippen molar-refractivity contribution < 1.29 is 8.83 Å². The third-order valence-corrected chi connectivity index (χ3v) is 10.8. The van der Waals surface area contributed by atoms with E-state index in [1.54, 1.807) is 0 Å². The molecule has 3 heteroatoms. The molecule has 10 aromatic rings. The van der Waals surface area contributed by atoms with Crippen molar-refractivity contribution in [1.82, 2.24) is 4.57 Å². The molecule has 0 bridgehead atoms. The van der Waals surface area contributed by atoms with Gasteiger partial charge < -0.3 is 13.4 Å². The Kier molecular flexibility index (Phi) is 4.91. The predicted molar refractivity (Wildman–Crippen MR) is 198 cm³/mol. The van der Waals surface area contributed by atoms with Crippen LogP contribution in [-0.4, -0.2) is 4.57 Å². The van der Waals surface area contributed by atoms with Crippen molar-refractivity contribution in [3.05, 3.63) is 151 Å². The lowest BCUT2D eigenvalue weighted by molar-refractivity contribution is 0.660. The minimum atomic E-state index is -0.184. The van der Waals surface area contributed by atoms with Crippen LogP contribution < -0.4 is 0 Å². The smallest absolute Gasteiger partial charge is 0.160 e. The Morgan fingerprint density at radius 3 is 1.90 bits per heavy atom. The molecule has 0 aliphatic heterocycles. The predicted octanol–water partition coefficient (Wildman–Crippen LogP) is 12.6. The molecule has 0 amide bonds. The second kappa shape index (κ2) is 9.05. The fraction of sp³-hybridized carbons (Fsp3) is 0.0667. The van der Waals surface area contributed by atoms with Crippen LogP contribution in [0, 0.1) is 0 Å². The monoisotopic (exact) mass is 615 g/mol. The first-order chi connectivity index (χ1) is 23.5. The van der Waals surface area contributed by atoms with Crippen molar-refractivity contribution in [2.45, 2.75) is 19.3 Å². The molecule has 3 aromatic heterocycles. The van der Waals surface area contributed by atoms with Gasteiger partial charge in [0.1, 0.15) is 16.7 Å². The third kappa shape index (κ3) is 3.33. The first-order valence-corrected chi connectivity index (χ1v) is 16.6. The summed E-state index contributed by atoms with van der Waals surface area (Å²) < 4.78 is 15.1. The van der Waals surface area contributed by atoms with Crippen LogP contribution in [-0.2, 0) is 5.41 Å². The first kappa shape index (κ1) is 26.1. The highest BCUT2D eigenvalue weighted by Gasteiger charge is 2.36. The molecule has 11 rings (SSSR count). The lowest BCUT2D eigenvalue weighted by atomic mass is 9.81. The molecule has 0 N–H and O–H groups in total. The van der Waals surface area contributed by atoms with E-state index in [1.807, 2.05) is 18.2 Å². The molecule has 3 heterocycles. The van der Waals surface area contributed by atoms with Crippen LogP contribution in [0.15, 0.2) is 148 Å². The van der Waals surface area contributed by atoms with Crippen molar-refractivity contribution in [3.8, 4) is 27.9 Å². The lowest BCUT2D eigenvalue weighted by Crippen LogP contribution is -2.15. The zero-order valence-corrected chi connectivity index (χ0v) is 26.5. The van der Waals surface area contributed by atoms with Gasteiger partial charge in [-0.25, -0.2) is 0 Å². The maximum Gasteiger partial charge on any atom is 0.160 e. The summed E-state index contributed by atoms with van der Waals surface area (Å²) in [6.07, 6.45) is 0. The Bertz CT molecular complexity index is 2980. The van der Waals surface area contributed by atoms with E-state index in [0.29, 0.717) is 0 Å². The van der Waals surface area contributed by atoms with Gasteiger partial charge in [0.25, 0.3) is 0 Å². The molecule has 0 spiro atoms. The molecule has 0 fully saturated rings. The highest BCUT2D eigenvalue weighted by molar-refractivity contribution is 6.21. The summed E-state index contributed by atoms with van der Waals surface area (Å²) in [5, 5.41) is 7.02. The molecular formula is C45H29NO2. The van der Waals surface area contributed by atoms with Crippen LogP contribution in [0.3, 0.4) is 0 Å². The average molecular weight is 616 g/mol. The molecule has 0 radical (unpaired) electrons. The number of para-hydroxylation sites is 3. The van der Waals surface area contributed by atoms with Gasteiger partial charge in [0.2, 0.25) is 0 Å². The number of rotatable bonds is 2. The van der Waals surface area contributed by atoms with Crippen molar-refractivity contribution in [2.75, 3.05) is 0 Å². The maximum absolute atomic E-state index is 6.62. The van der Waals surface area contributed by atoms with Gasteiger partial charge in [-0.05, 0) is 88.0 Å². The van der Waals surface area contributed by atoms with Gasteiger partial charge in [-0.15, -0.1) is 0 Å². The number of fused-ring (bicyclic) bond motifs is 13. The summed E-state index contributed by atoms with van der Waals surface area (Å²) in [5.74, 6) is 0. The normalized spacial score (nSPS) is 13.8. The molecule has 7 aromatic carbocycles. The standard InChI is InChI=1S/C45H29NO2/c1-45(2)37-24-27(26-16-22-42-36(23-26)33-11-5-7-13-40(33)47-42)15-18-29(37)30-19-17-28(25-38(30)45)46-39-12-6-3-9-31(39)34-20-21-35-32-10-4-8-14-41(32)48-44(35)43(34)46/h3-25H,1-2H3. The summed E-state index contributed by atoms with van der Waals surface area (Å²) in [6.45, 7) is 4.72. The number of hydrogen-bond acceptors (Lipinski definition) is 2. The highest BCUT2D eigenvalue weighted by Crippen LogP contribution is 2.51. The number of nitrogens with zero attached hydrogens (tertiary/aromatic N) is 1. The molecule has 48 heavy (non-hydrogen) atoms. The number of aromatic nitrogens is 1. The van der Waals surface area contributed by atoms with Gasteiger partial charge in [0.05, 0.1) is 11.0 Å². The molecular weight excluding hydrogens is 587 g/mol. The fourth-order valence-electron chi connectivity index (χ4n) is 8.45. The van der Waals surface area contributed by atoms with E-state index in [9.17, 15) is 0 Å². The summed E-state index contributed by atoms with van der Waals surface area (Å²) in [7, 11) is 0. The van der Waals surface area contributed by atoms with Gasteiger partial charge in [-0.1, -0.05) is 98.8 Å². The third-order valence-electron chi connectivity index (χ3n) is 10.8. The molecule has 1 aliphatic carbocycles. The zero-order chi connectivity index (χ0) is 31.7. The summed E-state index contributed by atoms with van der Waals surface area (Å²) in [5.41, 5.74) is 14.7. The van der Waals surface area contributed by atoms with E-state index in [4.69, 9.17) is 8.83 Å². The van der Waals surface area contributed by atoms with E-state index in [2.05, 4.69) is 140 Å². The summed E-state index contributed by atoms with van der Waals surface area (Å²) >= 11 is 0. The number of benzene rings is 7. The average Bonchev–Trinajstić information content (AvgIpc) is 3.85.